The molecule has 0 N–H and O–H groups in total. The van der Waals surface area contributed by atoms with E-state index < -0.39 is 0 Å². The summed E-state index contributed by atoms with van der Waals surface area (Å²) in [5, 5.41) is 0. The number of rotatable bonds is 22. The van der Waals surface area contributed by atoms with Crippen LogP contribution >= 0.6 is 0 Å². The topological polar surface area (TPSA) is 55.8 Å². The predicted octanol–water partition coefficient (Wildman–Crippen LogP) is 6.45. The van der Waals surface area contributed by atoms with E-state index in [1.807, 2.05) is 4.90 Å². The highest BCUT2D eigenvalue weighted by Gasteiger charge is 2.15. The third-order valence-corrected chi connectivity index (χ3v) is 5.30. The minimum Gasteiger partial charge on any atom is -0.465 e. The molecule has 0 aromatic rings. The molecular weight excluding hydrogens is 390 g/mol. The van der Waals surface area contributed by atoms with Gasteiger partial charge < -0.3 is 9.47 Å². The monoisotopic (exact) mass is 439 g/mol. The van der Waals surface area contributed by atoms with E-state index in [1.54, 1.807) is 13.8 Å². The van der Waals surface area contributed by atoms with E-state index in [-0.39, 0.29) is 25.0 Å². The average molecular weight is 440 g/mol. The first-order chi connectivity index (χ1) is 15.1. The van der Waals surface area contributed by atoms with Crippen molar-refractivity contribution >= 4 is 11.9 Å². The highest BCUT2D eigenvalue weighted by molar-refractivity contribution is 5.75. The summed E-state index contributed by atoms with van der Waals surface area (Å²) in [6, 6.07) is 0. The summed E-state index contributed by atoms with van der Waals surface area (Å²) in [6.07, 6.45) is 22.5. The van der Waals surface area contributed by atoms with Gasteiger partial charge in [0.05, 0.1) is 26.3 Å². The molecule has 0 fully saturated rings. The van der Waals surface area contributed by atoms with Crippen molar-refractivity contribution in [2.45, 2.75) is 111 Å². The fraction of sp³-hybridized carbons (Fsp3) is 0.846. The summed E-state index contributed by atoms with van der Waals surface area (Å²) >= 11 is 0. The van der Waals surface area contributed by atoms with Gasteiger partial charge in [-0.2, -0.15) is 0 Å². The van der Waals surface area contributed by atoms with Crippen molar-refractivity contribution in [1.29, 1.82) is 0 Å². The predicted molar refractivity (Wildman–Crippen MR) is 129 cm³/mol. The number of ether oxygens (including phenoxy) is 2. The van der Waals surface area contributed by atoms with E-state index in [1.165, 1.54) is 77.0 Å². The van der Waals surface area contributed by atoms with E-state index in [9.17, 15) is 9.59 Å². The number of hydrogen-bond donors (Lipinski definition) is 0. The summed E-state index contributed by atoms with van der Waals surface area (Å²) < 4.78 is 10.0. The standard InChI is InChI=1S/C26H49NO4/c1-4-7-8-9-10-11-12-13-14-15-16-17-18-19-20-21-22-27(23-25(28)30-5-2)24-26(29)31-6-3/h13-14H,4-12,15-24H2,1-3H3/b14-13-. The molecule has 0 rings (SSSR count). The molecular formula is C26H49NO4. The molecule has 0 bridgehead atoms. The Kier molecular flexibility index (Phi) is 22.3. The number of esters is 2. The molecule has 0 aromatic carbocycles. The van der Waals surface area contributed by atoms with E-state index >= 15 is 0 Å². The smallest absolute Gasteiger partial charge is 0.320 e. The van der Waals surface area contributed by atoms with Crippen LogP contribution < -0.4 is 0 Å². The zero-order valence-corrected chi connectivity index (χ0v) is 20.7. The molecule has 0 aliphatic heterocycles. The Bertz CT molecular complexity index is 431. The normalized spacial score (nSPS) is 11.4. The maximum Gasteiger partial charge on any atom is 0.320 e. The van der Waals surface area contributed by atoms with Gasteiger partial charge in [0.15, 0.2) is 0 Å². The quantitative estimate of drug-likeness (QED) is 0.110. The number of hydrogen-bond acceptors (Lipinski definition) is 5. The van der Waals surface area contributed by atoms with Crippen molar-refractivity contribution in [3.8, 4) is 0 Å². The van der Waals surface area contributed by atoms with Gasteiger partial charge in [-0.3, -0.25) is 14.5 Å². The first kappa shape index (κ1) is 29.6. The van der Waals surface area contributed by atoms with Gasteiger partial charge in [0, 0.05) is 0 Å². The van der Waals surface area contributed by atoms with Crippen molar-refractivity contribution in [1.82, 2.24) is 4.90 Å². The van der Waals surface area contributed by atoms with Gasteiger partial charge in [-0.05, 0) is 52.5 Å². The summed E-state index contributed by atoms with van der Waals surface area (Å²) in [6.45, 7) is 7.59. The van der Waals surface area contributed by atoms with Crippen molar-refractivity contribution < 1.29 is 19.1 Å². The zero-order chi connectivity index (χ0) is 23.0. The van der Waals surface area contributed by atoms with Crippen LogP contribution in [0.3, 0.4) is 0 Å². The van der Waals surface area contributed by atoms with E-state index in [0.717, 1.165) is 19.4 Å². The number of unbranched alkanes of at least 4 members (excludes halogenated alkanes) is 12. The van der Waals surface area contributed by atoms with Gasteiger partial charge >= 0.3 is 11.9 Å². The molecule has 0 heterocycles. The molecule has 0 saturated carbocycles. The van der Waals surface area contributed by atoms with Gasteiger partial charge in [0.2, 0.25) is 0 Å². The lowest BCUT2D eigenvalue weighted by Gasteiger charge is -2.20. The van der Waals surface area contributed by atoms with Crippen molar-refractivity contribution in [3.05, 3.63) is 12.2 Å². The Hall–Kier alpha value is -1.36. The Morgan fingerprint density at radius 3 is 1.48 bits per heavy atom. The van der Waals surface area contributed by atoms with Crippen molar-refractivity contribution in [2.24, 2.45) is 0 Å². The SMILES string of the molecule is CCCCCCCC/C=C\CCCCCCCCN(CC(=O)OCC)CC(=O)OCC. The maximum absolute atomic E-state index is 11.7. The second-order valence-corrected chi connectivity index (χ2v) is 8.26. The fourth-order valence-corrected chi connectivity index (χ4v) is 3.58. The van der Waals surface area contributed by atoms with Crippen molar-refractivity contribution in [2.75, 3.05) is 32.8 Å². The van der Waals surface area contributed by atoms with Crippen molar-refractivity contribution in [3.63, 3.8) is 0 Å². The van der Waals surface area contributed by atoms with Gasteiger partial charge in [-0.15, -0.1) is 0 Å². The maximum atomic E-state index is 11.7. The molecule has 0 saturated heterocycles. The molecule has 0 aromatic heterocycles. The van der Waals surface area contributed by atoms with Gasteiger partial charge in [0.1, 0.15) is 0 Å². The third kappa shape index (κ3) is 21.7. The van der Waals surface area contributed by atoms with Crippen LogP contribution in [0.1, 0.15) is 111 Å². The van der Waals surface area contributed by atoms with Crippen LogP contribution in [0.5, 0.6) is 0 Å². The molecule has 0 amide bonds. The lowest BCUT2D eigenvalue weighted by molar-refractivity contribution is -0.148. The van der Waals surface area contributed by atoms with Crippen LogP contribution in [0.15, 0.2) is 12.2 Å². The second-order valence-electron chi connectivity index (χ2n) is 8.26. The minimum atomic E-state index is -0.281. The number of carbonyl (C=O) groups is 2. The average Bonchev–Trinajstić information content (AvgIpc) is 2.73. The summed E-state index contributed by atoms with van der Waals surface area (Å²) in [5.41, 5.74) is 0. The summed E-state index contributed by atoms with van der Waals surface area (Å²) in [7, 11) is 0. The molecule has 0 aliphatic carbocycles. The molecule has 31 heavy (non-hydrogen) atoms. The Balaban J connectivity index is 3.69. The minimum absolute atomic E-state index is 0.151. The largest absolute Gasteiger partial charge is 0.465 e. The lowest BCUT2D eigenvalue weighted by Crippen LogP contribution is -2.36. The Morgan fingerprint density at radius 1 is 0.613 bits per heavy atom. The highest BCUT2D eigenvalue weighted by Crippen LogP contribution is 2.10. The van der Waals surface area contributed by atoms with E-state index in [0.29, 0.717) is 13.2 Å². The van der Waals surface area contributed by atoms with Crippen LogP contribution in [0.2, 0.25) is 0 Å². The lowest BCUT2D eigenvalue weighted by atomic mass is 10.1. The molecule has 0 atom stereocenters. The van der Waals surface area contributed by atoms with Crippen LogP contribution in [-0.2, 0) is 19.1 Å². The van der Waals surface area contributed by atoms with Crippen LogP contribution in [0.4, 0.5) is 0 Å². The van der Waals surface area contributed by atoms with Gasteiger partial charge in [0.25, 0.3) is 0 Å². The van der Waals surface area contributed by atoms with Crippen LogP contribution in [-0.4, -0.2) is 49.7 Å². The molecule has 0 spiro atoms. The summed E-state index contributed by atoms with van der Waals surface area (Å²) in [4.78, 5) is 25.3. The van der Waals surface area contributed by atoms with E-state index in [2.05, 4.69) is 19.1 Å². The van der Waals surface area contributed by atoms with Crippen LogP contribution in [0.25, 0.3) is 0 Å². The molecule has 0 aliphatic rings. The number of carbonyl (C=O) groups excluding carboxylic acids is 2. The molecule has 182 valence electrons. The molecule has 0 unspecified atom stereocenters. The van der Waals surface area contributed by atoms with Gasteiger partial charge in [-0.25, -0.2) is 0 Å². The Morgan fingerprint density at radius 2 is 1.03 bits per heavy atom. The van der Waals surface area contributed by atoms with E-state index in [4.69, 9.17) is 9.47 Å². The Labute approximate surface area is 191 Å². The number of nitrogens with zero attached hydrogens (tertiary/aromatic N) is 1. The molecule has 5 heteroatoms. The third-order valence-electron chi connectivity index (χ3n) is 5.30. The zero-order valence-electron chi connectivity index (χ0n) is 20.7. The molecule has 0 radical (unpaired) electrons. The highest BCUT2D eigenvalue weighted by atomic mass is 16.5. The second kappa shape index (κ2) is 23.3. The van der Waals surface area contributed by atoms with Crippen LogP contribution in [0, 0.1) is 0 Å². The first-order valence-corrected chi connectivity index (χ1v) is 12.8. The summed E-state index contributed by atoms with van der Waals surface area (Å²) in [5.74, 6) is -0.562. The fourth-order valence-electron chi connectivity index (χ4n) is 3.58. The first-order valence-electron chi connectivity index (χ1n) is 12.8. The van der Waals surface area contributed by atoms with Gasteiger partial charge in [-0.1, -0.05) is 76.9 Å². The molecule has 5 nitrogen and oxygen atoms in total. The number of allylic oxidation sites excluding steroid dienone is 2.